The third-order valence-electron chi connectivity index (χ3n) is 3.65. The number of aromatic nitrogens is 1. The number of alkyl halides is 3. The molecule has 0 aliphatic rings. The third-order valence-corrected chi connectivity index (χ3v) is 3.65. The highest BCUT2D eigenvalue weighted by Crippen LogP contribution is 2.22. The first-order chi connectivity index (χ1) is 12.7. The van der Waals surface area contributed by atoms with Gasteiger partial charge in [-0.3, -0.25) is 14.6 Å². The van der Waals surface area contributed by atoms with E-state index in [4.69, 9.17) is 0 Å². The molecule has 0 spiro atoms. The molecule has 0 aliphatic heterocycles. The Kier molecular flexibility index (Phi) is 6.55. The van der Waals surface area contributed by atoms with E-state index in [1.54, 1.807) is 26.0 Å². The second-order valence-corrected chi connectivity index (χ2v) is 5.93. The van der Waals surface area contributed by atoms with Crippen LogP contribution in [0.3, 0.4) is 0 Å². The van der Waals surface area contributed by atoms with Gasteiger partial charge in [-0.25, -0.2) is 0 Å². The lowest BCUT2D eigenvalue weighted by molar-refractivity contribution is -0.274. The van der Waals surface area contributed by atoms with Crippen LogP contribution in [-0.2, 0) is 17.8 Å². The number of carbonyl (C=O) groups excluding carboxylic acids is 2. The van der Waals surface area contributed by atoms with Gasteiger partial charge >= 0.3 is 6.36 Å². The number of Topliss-reactive ketones (excluding diaryl/α,β-unsaturated/α-hetero) is 1. The lowest BCUT2D eigenvalue weighted by atomic mass is 10.1. The van der Waals surface area contributed by atoms with Gasteiger partial charge in [0.1, 0.15) is 11.5 Å². The fourth-order valence-electron chi connectivity index (χ4n) is 2.38. The Morgan fingerprint density at radius 2 is 1.81 bits per heavy atom. The summed E-state index contributed by atoms with van der Waals surface area (Å²) in [6, 6.07) is 8.40. The van der Waals surface area contributed by atoms with Crippen LogP contribution in [0.2, 0.25) is 0 Å². The molecule has 1 heterocycles. The summed E-state index contributed by atoms with van der Waals surface area (Å²) >= 11 is 0. The van der Waals surface area contributed by atoms with Gasteiger partial charge in [0.2, 0.25) is 0 Å². The molecule has 2 aromatic rings. The predicted molar refractivity (Wildman–Crippen MR) is 92.3 cm³/mol. The summed E-state index contributed by atoms with van der Waals surface area (Å²) in [6.07, 6.45) is -4.18. The number of hydrogen-bond donors (Lipinski definition) is 1. The minimum Gasteiger partial charge on any atom is -0.406 e. The summed E-state index contributed by atoms with van der Waals surface area (Å²) in [6.45, 7) is 3.63. The predicted octanol–water partition coefficient (Wildman–Crippen LogP) is 3.74. The van der Waals surface area contributed by atoms with Gasteiger partial charge in [0.25, 0.3) is 5.91 Å². The largest absolute Gasteiger partial charge is 0.573 e. The van der Waals surface area contributed by atoms with Gasteiger partial charge in [0.15, 0.2) is 0 Å². The van der Waals surface area contributed by atoms with Crippen molar-refractivity contribution in [1.29, 1.82) is 0 Å². The average molecular weight is 380 g/mol. The van der Waals surface area contributed by atoms with Gasteiger partial charge in [-0.1, -0.05) is 19.1 Å². The standard InChI is InChI=1S/C19H19F3N2O3/c1-3-16(25)10-15-9-14(8-12(2)24-15)18(26)23-11-13-4-6-17(7-5-13)27-19(20,21)22/h4-9H,3,10-11H2,1-2H3,(H,23,26). The van der Waals surface area contributed by atoms with E-state index >= 15 is 0 Å². The molecule has 0 fully saturated rings. The lowest BCUT2D eigenvalue weighted by Gasteiger charge is -2.10. The average Bonchev–Trinajstić information content (AvgIpc) is 2.59. The number of pyridine rings is 1. The molecule has 0 unspecified atom stereocenters. The smallest absolute Gasteiger partial charge is 0.406 e. The quantitative estimate of drug-likeness (QED) is 0.795. The number of carbonyl (C=O) groups is 2. The number of nitrogens with zero attached hydrogens (tertiary/aromatic N) is 1. The van der Waals surface area contributed by atoms with Crippen molar-refractivity contribution in [3.05, 3.63) is 58.9 Å². The van der Waals surface area contributed by atoms with Crippen LogP contribution in [0, 0.1) is 6.92 Å². The fraction of sp³-hybridized carbons (Fsp3) is 0.316. The van der Waals surface area contributed by atoms with Crippen molar-refractivity contribution in [3.8, 4) is 5.75 Å². The normalized spacial score (nSPS) is 11.1. The maximum absolute atomic E-state index is 12.3. The van der Waals surface area contributed by atoms with E-state index in [1.807, 2.05) is 0 Å². The molecule has 1 amide bonds. The minimum atomic E-state index is -4.74. The second kappa shape index (κ2) is 8.66. The van der Waals surface area contributed by atoms with Crippen molar-refractivity contribution in [1.82, 2.24) is 10.3 Å². The van der Waals surface area contributed by atoms with E-state index in [2.05, 4.69) is 15.0 Å². The summed E-state index contributed by atoms with van der Waals surface area (Å²) < 4.78 is 40.2. The van der Waals surface area contributed by atoms with Crippen molar-refractivity contribution >= 4 is 11.7 Å². The molecule has 0 aliphatic carbocycles. The van der Waals surface area contributed by atoms with Gasteiger partial charge in [0.05, 0.1) is 0 Å². The Bertz CT molecular complexity index is 818. The molecule has 144 valence electrons. The number of aryl methyl sites for hydroxylation is 1. The highest BCUT2D eigenvalue weighted by Gasteiger charge is 2.30. The zero-order valence-corrected chi connectivity index (χ0v) is 14.9. The van der Waals surface area contributed by atoms with Crippen LogP contribution in [0.25, 0.3) is 0 Å². The molecule has 0 saturated heterocycles. The SMILES string of the molecule is CCC(=O)Cc1cc(C(=O)NCc2ccc(OC(F)(F)F)cc2)cc(C)n1. The Morgan fingerprint density at radius 3 is 2.41 bits per heavy atom. The number of halogens is 3. The van der Waals surface area contributed by atoms with E-state index in [9.17, 15) is 22.8 Å². The molecular weight excluding hydrogens is 361 g/mol. The van der Waals surface area contributed by atoms with Crippen LogP contribution in [0.4, 0.5) is 13.2 Å². The van der Waals surface area contributed by atoms with Crippen LogP contribution in [0.5, 0.6) is 5.75 Å². The molecule has 5 nitrogen and oxygen atoms in total. The molecule has 1 N–H and O–H groups in total. The van der Waals surface area contributed by atoms with E-state index in [1.165, 1.54) is 24.3 Å². The number of benzene rings is 1. The molecule has 0 radical (unpaired) electrons. The monoisotopic (exact) mass is 380 g/mol. The lowest BCUT2D eigenvalue weighted by Crippen LogP contribution is -2.23. The maximum Gasteiger partial charge on any atom is 0.573 e. The summed E-state index contributed by atoms with van der Waals surface area (Å²) in [5, 5.41) is 2.69. The summed E-state index contributed by atoms with van der Waals surface area (Å²) in [7, 11) is 0. The first kappa shape index (κ1) is 20.4. The van der Waals surface area contributed by atoms with Crippen LogP contribution in [0.1, 0.15) is 40.7 Å². The molecule has 1 aromatic heterocycles. The number of amides is 1. The van der Waals surface area contributed by atoms with Gasteiger partial charge in [-0.15, -0.1) is 13.2 Å². The van der Waals surface area contributed by atoms with Gasteiger partial charge in [0, 0.05) is 36.3 Å². The fourth-order valence-corrected chi connectivity index (χ4v) is 2.38. The molecule has 0 bridgehead atoms. The third kappa shape index (κ3) is 6.73. The Hall–Kier alpha value is -2.90. The highest BCUT2D eigenvalue weighted by molar-refractivity contribution is 5.94. The molecule has 8 heteroatoms. The van der Waals surface area contributed by atoms with Gasteiger partial charge in [-0.05, 0) is 36.8 Å². The van der Waals surface area contributed by atoms with E-state index in [0.717, 1.165) is 0 Å². The number of hydrogen-bond acceptors (Lipinski definition) is 4. The zero-order valence-electron chi connectivity index (χ0n) is 14.9. The Morgan fingerprint density at radius 1 is 1.15 bits per heavy atom. The van der Waals surface area contributed by atoms with E-state index in [-0.39, 0.29) is 30.4 Å². The number of nitrogens with one attached hydrogen (secondary N) is 1. The topological polar surface area (TPSA) is 68.3 Å². The van der Waals surface area contributed by atoms with E-state index in [0.29, 0.717) is 28.9 Å². The van der Waals surface area contributed by atoms with Gasteiger partial charge < -0.3 is 10.1 Å². The van der Waals surface area contributed by atoms with Gasteiger partial charge in [-0.2, -0.15) is 0 Å². The number of ketones is 1. The first-order valence-electron chi connectivity index (χ1n) is 8.28. The molecule has 0 atom stereocenters. The molecule has 1 aromatic carbocycles. The van der Waals surface area contributed by atoms with Crippen LogP contribution < -0.4 is 10.1 Å². The van der Waals surface area contributed by atoms with Crippen molar-refractivity contribution in [2.45, 2.75) is 39.6 Å². The molecule has 2 rings (SSSR count). The van der Waals surface area contributed by atoms with Crippen molar-refractivity contribution in [2.24, 2.45) is 0 Å². The number of ether oxygens (including phenoxy) is 1. The molecule has 0 saturated carbocycles. The Labute approximate surface area is 154 Å². The maximum atomic E-state index is 12.3. The van der Waals surface area contributed by atoms with Crippen LogP contribution in [0.15, 0.2) is 36.4 Å². The summed E-state index contributed by atoms with van der Waals surface area (Å²) in [5.41, 5.74) is 2.14. The zero-order chi connectivity index (χ0) is 20.0. The molecular formula is C19H19F3N2O3. The first-order valence-corrected chi connectivity index (χ1v) is 8.28. The van der Waals surface area contributed by atoms with Crippen molar-refractivity contribution < 1.29 is 27.5 Å². The van der Waals surface area contributed by atoms with Crippen LogP contribution in [-0.4, -0.2) is 23.0 Å². The van der Waals surface area contributed by atoms with Crippen molar-refractivity contribution in [2.75, 3.05) is 0 Å². The van der Waals surface area contributed by atoms with Crippen LogP contribution >= 0.6 is 0 Å². The summed E-state index contributed by atoms with van der Waals surface area (Å²) in [4.78, 5) is 28.2. The Balaban J connectivity index is 2.00. The molecule has 27 heavy (non-hydrogen) atoms. The van der Waals surface area contributed by atoms with E-state index < -0.39 is 6.36 Å². The van der Waals surface area contributed by atoms with Crippen molar-refractivity contribution in [3.63, 3.8) is 0 Å². The minimum absolute atomic E-state index is 0.0284. The number of rotatable bonds is 7. The second-order valence-electron chi connectivity index (χ2n) is 5.93. The highest BCUT2D eigenvalue weighted by atomic mass is 19.4. The summed E-state index contributed by atoms with van der Waals surface area (Å²) in [5.74, 6) is -0.658.